The maximum absolute atomic E-state index is 12.4. The van der Waals surface area contributed by atoms with E-state index in [0.717, 1.165) is 24.3 Å². The number of fused-ring (bicyclic) bond motifs is 2. The summed E-state index contributed by atoms with van der Waals surface area (Å²) in [5.74, 6) is -1.13. The summed E-state index contributed by atoms with van der Waals surface area (Å²) in [6.07, 6.45) is 0. The number of aromatic hydroxyl groups is 1. The van der Waals surface area contributed by atoms with Crippen LogP contribution in [-0.4, -0.2) is 42.1 Å². The van der Waals surface area contributed by atoms with Gasteiger partial charge in [-0.05, 0) is 78.4 Å². The molecule has 12 nitrogen and oxygen atoms in total. The molecule has 0 fully saturated rings. The fourth-order valence-corrected chi connectivity index (χ4v) is 6.03. The van der Waals surface area contributed by atoms with Crippen molar-refractivity contribution >= 4 is 37.2 Å². The van der Waals surface area contributed by atoms with Gasteiger partial charge in [0, 0.05) is 39.8 Å². The quantitative estimate of drug-likeness (QED) is 0.116. The lowest BCUT2D eigenvalue weighted by atomic mass is 9.90. The molecule has 0 unspecified atom stereocenters. The summed E-state index contributed by atoms with van der Waals surface area (Å²) in [6.45, 7) is 0. The second-order valence-corrected chi connectivity index (χ2v) is 12.9. The van der Waals surface area contributed by atoms with E-state index >= 15 is 0 Å². The molecule has 0 aromatic heterocycles. The lowest BCUT2D eigenvalue weighted by Gasteiger charge is -2.18. The molecular weight excluding hydrogens is 640 g/mol. The van der Waals surface area contributed by atoms with Crippen LogP contribution >= 0.6 is 0 Å². The van der Waals surface area contributed by atoms with Gasteiger partial charge >= 0.3 is 5.97 Å². The Morgan fingerprint density at radius 3 is 2.07 bits per heavy atom. The van der Waals surface area contributed by atoms with Crippen LogP contribution in [0.5, 0.6) is 17.2 Å². The molecule has 0 amide bonds. The van der Waals surface area contributed by atoms with Crippen LogP contribution in [0.3, 0.4) is 0 Å². The zero-order valence-electron chi connectivity index (χ0n) is 23.1. The first-order valence-corrected chi connectivity index (χ1v) is 16.0. The molecule has 0 saturated heterocycles. The number of hydrogen-bond donors (Lipinski definition) is 4. The topological polar surface area (TPSA) is 206 Å². The molecule has 4 aromatic rings. The van der Waals surface area contributed by atoms with Crippen molar-refractivity contribution in [2.75, 3.05) is 0 Å². The summed E-state index contributed by atoms with van der Waals surface area (Å²) in [7, 11) is -9.19. The van der Waals surface area contributed by atoms with E-state index in [0.29, 0.717) is 16.5 Å². The molecule has 6 rings (SSSR count). The normalized spacial score (nSPS) is 12.0. The first kappa shape index (κ1) is 30.5. The van der Waals surface area contributed by atoms with Crippen LogP contribution in [0.2, 0.25) is 0 Å². The van der Waals surface area contributed by atoms with Crippen molar-refractivity contribution < 1.29 is 50.1 Å². The van der Waals surface area contributed by atoms with Crippen LogP contribution in [0.4, 0.5) is 0 Å². The average molecular weight is 661 g/mol. The van der Waals surface area contributed by atoms with Gasteiger partial charge in [0.15, 0.2) is 5.43 Å². The molecule has 1 aliphatic carbocycles. The Kier molecular flexibility index (Phi) is 7.37. The van der Waals surface area contributed by atoms with Crippen molar-refractivity contribution in [2.24, 2.45) is 0 Å². The van der Waals surface area contributed by atoms with Gasteiger partial charge in [-0.25, -0.2) is 4.79 Å². The number of phenolic OH excluding ortho intramolecular Hbond substituents is 1. The van der Waals surface area contributed by atoms with E-state index in [1.54, 1.807) is 0 Å². The Hall–Kier alpha value is -5.54. The van der Waals surface area contributed by atoms with E-state index in [2.05, 4.69) is 0 Å². The van der Waals surface area contributed by atoms with Crippen LogP contribution < -0.4 is 10.2 Å². The molecule has 0 spiro atoms. The predicted molar refractivity (Wildman–Crippen MR) is 165 cm³/mol. The van der Waals surface area contributed by atoms with E-state index in [1.807, 2.05) is 0 Å². The van der Waals surface area contributed by atoms with Gasteiger partial charge < -0.3 is 19.4 Å². The van der Waals surface area contributed by atoms with E-state index in [4.69, 9.17) is 9.15 Å². The third-order valence-electron chi connectivity index (χ3n) is 7.11. The van der Waals surface area contributed by atoms with Crippen LogP contribution in [-0.2, 0) is 20.2 Å². The number of benzene rings is 5. The van der Waals surface area contributed by atoms with Crippen LogP contribution in [0.25, 0.3) is 44.5 Å². The fraction of sp³-hybridized carbons (Fsp3) is 0. The number of aromatic carboxylic acids is 1. The Balaban J connectivity index is 1.55. The maximum atomic E-state index is 12.4. The lowest BCUT2D eigenvalue weighted by Crippen LogP contribution is -2.04. The minimum atomic E-state index is -4.67. The second kappa shape index (κ2) is 11.1. The van der Waals surface area contributed by atoms with Gasteiger partial charge in [-0.15, -0.1) is 0 Å². The molecule has 1 aliphatic heterocycles. The summed E-state index contributed by atoms with van der Waals surface area (Å²) in [5.41, 5.74) is 0.960. The van der Waals surface area contributed by atoms with Crippen LogP contribution in [0.15, 0.2) is 116 Å². The molecule has 0 radical (unpaired) electrons. The van der Waals surface area contributed by atoms with Crippen molar-refractivity contribution in [3.63, 3.8) is 0 Å². The maximum Gasteiger partial charge on any atom is 0.336 e. The van der Waals surface area contributed by atoms with Gasteiger partial charge in [-0.2, -0.15) is 16.8 Å². The van der Waals surface area contributed by atoms with E-state index in [9.17, 15) is 45.7 Å². The Morgan fingerprint density at radius 1 is 0.696 bits per heavy atom. The number of carboxylic acids is 1. The fourth-order valence-electron chi connectivity index (χ4n) is 5.05. The summed E-state index contributed by atoms with van der Waals surface area (Å²) in [6, 6.07) is 20.6. The molecule has 46 heavy (non-hydrogen) atoms. The molecule has 0 saturated carbocycles. The number of carboxylic acid groups (broad SMARTS) is 1. The highest BCUT2D eigenvalue weighted by Gasteiger charge is 2.24. The summed E-state index contributed by atoms with van der Waals surface area (Å²) in [5, 5.41) is 20.6. The minimum absolute atomic E-state index is 0.0414. The molecule has 232 valence electrons. The SMILES string of the molecule is O=C(O)c1ccc(Oc2ccc(S(=O)(=O)O)cc2-c2ccc(S(=O)(=O)O)cc2)cc1-c1c2ccc(=O)cc-2oc2cc(O)ccc12. The van der Waals surface area contributed by atoms with Crippen LogP contribution in [0, 0.1) is 0 Å². The standard InChI is InChI=1S/C32H20O12S2/c33-18-3-9-24-29(13-18)44-30-14-19(34)4-10-25(30)31(24)27-15-20(5-11-23(27)32(35)36)43-28-12-8-22(46(40,41)42)16-26(28)17-1-6-21(7-2-17)45(37,38)39/h1-16,33H,(H,35,36)(H,37,38,39)(H,40,41,42). The molecular formula is C32H20O12S2. The summed E-state index contributed by atoms with van der Waals surface area (Å²) >= 11 is 0. The Bertz CT molecular complexity index is 2450. The molecule has 14 heteroatoms. The number of hydrogen-bond acceptors (Lipinski definition) is 9. The van der Waals surface area contributed by atoms with Gasteiger partial charge in [-0.1, -0.05) is 12.1 Å². The number of phenols is 1. The summed E-state index contributed by atoms with van der Waals surface area (Å²) in [4.78, 5) is 23.7. The van der Waals surface area contributed by atoms with Gasteiger partial charge in [0.05, 0.1) is 15.4 Å². The molecule has 0 bridgehead atoms. The highest BCUT2D eigenvalue weighted by atomic mass is 32.2. The third-order valence-corrected chi connectivity index (χ3v) is 8.83. The van der Waals surface area contributed by atoms with E-state index in [-0.39, 0.29) is 56.3 Å². The van der Waals surface area contributed by atoms with Crippen molar-refractivity contribution in [1.82, 2.24) is 0 Å². The number of ether oxygens (including phenoxy) is 1. The largest absolute Gasteiger partial charge is 0.508 e. The monoisotopic (exact) mass is 660 g/mol. The highest BCUT2D eigenvalue weighted by molar-refractivity contribution is 7.86. The average Bonchev–Trinajstić information content (AvgIpc) is 2.99. The Labute approximate surface area is 260 Å². The second-order valence-electron chi connectivity index (χ2n) is 10.1. The molecule has 4 aromatic carbocycles. The van der Waals surface area contributed by atoms with Crippen molar-refractivity contribution in [1.29, 1.82) is 0 Å². The van der Waals surface area contributed by atoms with Gasteiger partial charge in [-0.3, -0.25) is 13.9 Å². The van der Waals surface area contributed by atoms with Gasteiger partial charge in [0.2, 0.25) is 0 Å². The zero-order valence-corrected chi connectivity index (χ0v) is 24.7. The van der Waals surface area contributed by atoms with E-state index in [1.165, 1.54) is 72.8 Å². The molecule has 4 N–H and O–H groups in total. The first-order chi connectivity index (χ1) is 21.7. The lowest BCUT2D eigenvalue weighted by molar-refractivity contribution is 0.0697. The zero-order chi connectivity index (χ0) is 33.0. The Morgan fingerprint density at radius 2 is 1.39 bits per heavy atom. The predicted octanol–water partition coefficient (Wildman–Crippen LogP) is 5.92. The molecule has 2 aliphatic rings. The van der Waals surface area contributed by atoms with Crippen LogP contribution in [0.1, 0.15) is 10.4 Å². The first-order valence-electron chi connectivity index (χ1n) is 13.1. The highest BCUT2D eigenvalue weighted by Crippen LogP contribution is 2.44. The van der Waals surface area contributed by atoms with Crippen molar-refractivity contribution in [3.8, 4) is 50.8 Å². The number of rotatable bonds is 7. The van der Waals surface area contributed by atoms with E-state index < -0.39 is 36.0 Å². The third kappa shape index (κ3) is 5.80. The van der Waals surface area contributed by atoms with Crippen molar-refractivity contribution in [3.05, 3.63) is 113 Å². The van der Waals surface area contributed by atoms with Gasteiger partial charge in [0.25, 0.3) is 20.2 Å². The summed E-state index contributed by atoms with van der Waals surface area (Å²) < 4.78 is 78.0. The number of carbonyl (C=O) groups is 1. The molecule has 0 atom stereocenters. The molecule has 1 heterocycles. The van der Waals surface area contributed by atoms with Crippen molar-refractivity contribution in [2.45, 2.75) is 9.79 Å². The smallest absolute Gasteiger partial charge is 0.336 e. The minimum Gasteiger partial charge on any atom is -0.508 e. The van der Waals surface area contributed by atoms with Gasteiger partial charge in [0.1, 0.15) is 28.6 Å².